The number of hydrogen-bond acceptors (Lipinski definition) is 3. The van der Waals surface area contributed by atoms with Crippen LogP contribution in [0.15, 0.2) is 53.4 Å². The molecule has 2 aromatic carbocycles. The van der Waals surface area contributed by atoms with Crippen molar-refractivity contribution < 1.29 is 18.7 Å². The minimum Gasteiger partial charge on any atom is -0.508 e. The molecule has 0 aliphatic carbocycles. The average Bonchev–Trinajstić information content (AvgIpc) is 2.39. The zero-order valence-electron chi connectivity index (χ0n) is 9.24. The summed E-state index contributed by atoms with van der Waals surface area (Å²) in [7, 11) is 0. The van der Waals surface area contributed by atoms with Crippen molar-refractivity contribution in [2.75, 3.05) is 0 Å². The molecule has 2 N–H and O–H groups in total. The van der Waals surface area contributed by atoms with Crippen molar-refractivity contribution in [2.24, 2.45) is 0 Å². The highest BCUT2D eigenvalue weighted by molar-refractivity contribution is 7.79. The summed E-state index contributed by atoms with van der Waals surface area (Å²) in [5.74, 6) is -0.181. The molecule has 4 nitrogen and oxygen atoms in total. The van der Waals surface area contributed by atoms with E-state index in [1.807, 2.05) is 0 Å². The predicted molar refractivity (Wildman–Crippen MR) is 67.0 cm³/mol. The van der Waals surface area contributed by atoms with Crippen LogP contribution in [0.25, 0.3) is 0 Å². The molecule has 0 amide bonds. The van der Waals surface area contributed by atoms with Crippen molar-refractivity contribution in [2.45, 2.75) is 4.90 Å². The Morgan fingerprint density at radius 1 is 1.00 bits per heavy atom. The van der Waals surface area contributed by atoms with Gasteiger partial charge >= 0.3 is 0 Å². The standard InChI is InChI=1S/C13H10O4S/c14-11-6-4-9(5-7-11)13(15)10-2-1-3-12(8-10)18(16)17/h1-8,14H,(H,16,17). The van der Waals surface area contributed by atoms with E-state index in [4.69, 9.17) is 9.66 Å². The summed E-state index contributed by atoms with van der Waals surface area (Å²) in [6.45, 7) is 0. The minimum atomic E-state index is -2.11. The normalized spacial score (nSPS) is 12.1. The lowest BCUT2D eigenvalue weighted by Gasteiger charge is -2.03. The first kappa shape index (κ1) is 12.5. The van der Waals surface area contributed by atoms with Gasteiger partial charge < -0.3 is 9.66 Å². The molecule has 1 unspecified atom stereocenters. The van der Waals surface area contributed by atoms with Gasteiger partial charge in [-0.3, -0.25) is 4.79 Å². The first-order valence-electron chi connectivity index (χ1n) is 5.12. The van der Waals surface area contributed by atoms with E-state index in [-0.39, 0.29) is 16.4 Å². The lowest BCUT2D eigenvalue weighted by Crippen LogP contribution is -2.02. The third-order valence-electron chi connectivity index (χ3n) is 2.43. The van der Waals surface area contributed by atoms with E-state index < -0.39 is 11.1 Å². The summed E-state index contributed by atoms with van der Waals surface area (Å²) in [6.07, 6.45) is 0. The van der Waals surface area contributed by atoms with Gasteiger partial charge in [-0.2, -0.15) is 0 Å². The molecular weight excluding hydrogens is 252 g/mol. The average molecular weight is 262 g/mol. The molecule has 1 atom stereocenters. The number of hydrogen-bond donors (Lipinski definition) is 2. The van der Waals surface area contributed by atoms with Crippen molar-refractivity contribution in [3.8, 4) is 5.75 Å². The molecule has 0 saturated heterocycles. The van der Waals surface area contributed by atoms with Gasteiger partial charge in [-0.25, -0.2) is 4.21 Å². The van der Waals surface area contributed by atoms with Gasteiger partial charge in [-0.15, -0.1) is 0 Å². The lowest BCUT2D eigenvalue weighted by molar-refractivity contribution is 0.103. The van der Waals surface area contributed by atoms with E-state index in [2.05, 4.69) is 0 Å². The van der Waals surface area contributed by atoms with Crippen LogP contribution in [0.2, 0.25) is 0 Å². The van der Waals surface area contributed by atoms with Gasteiger partial charge in [0.1, 0.15) is 5.75 Å². The summed E-state index contributed by atoms with van der Waals surface area (Å²) in [5.41, 5.74) is 0.745. The molecular formula is C13H10O4S. The molecule has 18 heavy (non-hydrogen) atoms. The molecule has 0 aromatic heterocycles. The highest BCUT2D eigenvalue weighted by Crippen LogP contribution is 2.16. The Kier molecular flexibility index (Phi) is 3.55. The van der Waals surface area contributed by atoms with Crippen LogP contribution >= 0.6 is 0 Å². The summed E-state index contributed by atoms with van der Waals surface area (Å²) < 4.78 is 19.9. The van der Waals surface area contributed by atoms with E-state index in [1.165, 1.54) is 36.4 Å². The number of phenols is 1. The number of carbonyl (C=O) groups is 1. The fraction of sp³-hybridized carbons (Fsp3) is 0. The van der Waals surface area contributed by atoms with Crippen molar-refractivity contribution in [1.29, 1.82) is 0 Å². The second kappa shape index (κ2) is 5.12. The summed E-state index contributed by atoms with van der Waals surface area (Å²) in [6, 6.07) is 11.8. The smallest absolute Gasteiger partial charge is 0.193 e. The number of carbonyl (C=O) groups excluding carboxylic acids is 1. The van der Waals surface area contributed by atoms with Crippen molar-refractivity contribution in [1.82, 2.24) is 0 Å². The third-order valence-corrected chi connectivity index (χ3v) is 3.08. The van der Waals surface area contributed by atoms with E-state index in [0.29, 0.717) is 11.1 Å². The molecule has 0 aliphatic rings. The van der Waals surface area contributed by atoms with E-state index >= 15 is 0 Å². The highest BCUT2D eigenvalue weighted by Gasteiger charge is 2.10. The molecule has 0 heterocycles. The van der Waals surface area contributed by atoms with Gasteiger partial charge in [0.25, 0.3) is 0 Å². The first-order valence-corrected chi connectivity index (χ1v) is 6.23. The third kappa shape index (κ3) is 2.64. The van der Waals surface area contributed by atoms with Crippen LogP contribution in [-0.4, -0.2) is 19.7 Å². The topological polar surface area (TPSA) is 74.6 Å². The van der Waals surface area contributed by atoms with Crippen LogP contribution in [0.4, 0.5) is 0 Å². The first-order chi connectivity index (χ1) is 8.58. The van der Waals surface area contributed by atoms with Crippen LogP contribution in [0.3, 0.4) is 0 Å². The van der Waals surface area contributed by atoms with Crippen LogP contribution in [0.5, 0.6) is 5.75 Å². The molecule has 5 heteroatoms. The molecule has 92 valence electrons. The van der Waals surface area contributed by atoms with E-state index in [1.54, 1.807) is 12.1 Å². The maximum atomic E-state index is 12.1. The fourth-order valence-electron chi connectivity index (χ4n) is 1.53. The molecule has 2 rings (SSSR count). The van der Waals surface area contributed by atoms with E-state index in [9.17, 15) is 9.00 Å². The fourth-order valence-corrected chi connectivity index (χ4v) is 1.95. The number of aromatic hydroxyl groups is 1. The van der Waals surface area contributed by atoms with Gasteiger partial charge in [0.15, 0.2) is 16.9 Å². The number of phenolic OH excluding ortho intramolecular Hbond substituents is 1. The summed E-state index contributed by atoms with van der Waals surface area (Å²) in [5, 5.41) is 9.14. The predicted octanol–water partition coefficient (Wildman–Crippen LogP) is 2.20. The molecule has 0 spiro atoms. The lowest BCUT2D eigenvalue weighted by atomic mass is 10.0. The van der Waals surface area contributed by atoms with Crippen LogP contribution in [0, 0.1) is 0 Å². The van der Waals surface area contributed by atoms with Crippen molar-refractivity contribution in [3.63, 3.8) is 0 Å². The van der Waals surface area contributed by atoms with Gasteiger partial charge in [-0.1, -0.05) is 12.1 Å². The Bertz CT molecular complexity index is 605. The quantitative estimate of drug-likeness (QED) is 0.657. The summed E-state index contributed by atoms with van der Waals surface area (Å²) >= 11 is -2.11. The van der Waals surface area contributed by atoms with Crippen molar-refractivity contribution in [3.05, 3.63) is 59.7 Å². The Labute approximate surface area is 106 Å². The van der Waals surface area contributed by atoms with Crippen molar-refractivity contribution >= 4 is 16.9 Å². The molecule has 0 bridgehead atoms. The summed E-state index contributed by atoms with van der Waals surface area (Å²) in [4.78, 5) is 12.3. The van der Waals surface area contributed by atoms with E-state index in [0.717, 1.165) is 0 Å². The molecule has 0 saturated carbocycles. The van der Waals surface area contributed by atoms with Crippen LogP contribution < -0.4 is 0 Å². The zero-order valence-corrected chi connectivity index (χ0v) is 10.1. The second-order valence-corrected chi connectivity index (χ2v) is 4.62. The van der Waals surface area contributed by atoms with Crippen LogP contribution in [-0.2, 0) is 11.1 Å². The molecule has 0 fully saturated rings. The maximum absolute atomic E-state index is 12.1. The number of benzene rings is 2. The largest absolute Gasteiger partial charge is 0.508 e. The Balaban J connectivity index is 2.37. The number of rotatable bonds is 3. The minimum absolute atomic E-state index is 0.0803. The Morgan fingerprint density at radius 2 is 1.67 bits per heavy atom. The van der Waals surface area contributed by atoms with Gasteiger partial charge in [0.2, 0.25) is 0 Å². The molecule has 0 aliphatic heterocycles. The molecule has 2 aromatic rings. The van der Waals surface area contributed by atoms with Gasteiger partial charge in [0.05, 0.1) is 4.90 Å². The zero-order chi connectivity index (χ0) is 13.1. The Hall–Kier alpha value is -1.98. The SMILES string of the molecule is O=C(c1ccc(O)cc1)c1cccc(S(=O)O)c1. The Morgan fingerprint density at radius 3 is 2.28 bits per heavy atom. The van der Waals surface area contributed by atoms with Gasteiger partial charge in [0, 0.05) is 11.1 Å². The second-order valence-electron chi connectivity index (χ2n) is 3.65. The molecule has 0 radical (unpaired) electrons. The number of ketones is 1. The van der Waals surface area contributed by atoms with Crippen LogP contribution in [0.1, 0.15) is 15.9 Å². The maximum Gasteiger partial charge on any atom is 0.193 e. The highest BCUT2D eigenvalue weighted by atomic mass is 32.2. The van der Waals surface area contributed by atoms with Gasteiger partial charge in [-0.05, 0) is 36.4 Å². The monoisotopic (exact) mass is 262 g/mol.